The van der Waals surface area contributed by atoms with Gasteiger partial charge in [-0.2, -0.15) is 0 Å². The number of anilines is 1. The Bertz CT molecular complexity index is 691. The number of methoxy groups -OCH3 is 2. The molecule has 0 spiro atoms. The maximum atomic E-state index is 12.2. The normalized spacial score (nSPS) is 10.2. The molecule has 0 saturated carbocycles. The van der Waals surface area contributed by atoms with Gasteiger partial charge < -0.3 is 14.8 Å². The number of carbonyl (C=O) groups is 1. The lowest BCUT2D eigenvalue weighted by Crippen LogP contribution is -2.15. The van der Waals surface area contributed by atoms with Crippen molar-refractivity contribution in [3.63, 3.8) is 0 Å². The summed E-state index contributed by atoms with van der Waals surface area (Å²) in [7, 11) is 3.03. The van der Waals surface area contributed by atoms with Crippen molar-refractivity contribution in [2.24, 2.45) is 0 Å². The fourth-order valence-corrected chi connectivity index (χ4v) is 2.66. The molecule has 0 aliphatic carbocycles. The molecule has 1 N–H and O–H groups in total. The van der Waals surface area contributed by atoms with Crippen LogP contribution >= 0.6 is 27.5 Å². The minimum absolute atomic E-state index is 0.152. The van der Waals surface area contributed by atoms with Crippen molar-refractivity contribution in [1.82, 2.24) is 0 Å². The first-order valence-corrected chi connectivity index (χ1v) is 7.66. The van der Waals surface area contributed by atoms with Crippen LogP contribution in [-0.4, -0.2) is 20.1 Å². The molecular weight excluding hydrogens is 370 g/mol. The van der Waals surface area contributed by atoms with Crippen molar-refractivity contribution in [2.75, 3.05) is 19.5 Å². The van der Waals surface area contributed by atoms with Crippen molar-refractivity contribution in [2.45, 2.75) is 6.42 Å². The zero-order valence-corrected chi connectivity index (χ0v) is 14.5. The van der Waals surface area contributed by atoms with Gasteiger partial charge in [-0.3, -0.25) is 4.79 Å². The lowest BCUT2D eigenvalue weighted by Gasteiger charge is -2.13. The highest BCUT2D eigenvalue weighted by atomic mass is 79.9. The van der Waals surface area contributed by atoms with E-state index in [1.54, 1.807) is 12.1 Å². The Labute approximate surface area is 142 Å². The molecule has 0 atom stereocenters. The highest BCUT2D eigenvalue weighted by molar-refractivity contribution is 9.10. The van der Waals surface area contributed by atoms with Gasteiger partial charge in [-0.15, -0.1) is 0 Å². The highest BCUT2D eigenvalue weighted by Gasteiger charge is 2.13. The number of carbonyl (C=O) groups excluding carboxylic acids is 1. The first-order chi connectivity index (χ1) is 10.5. The number of nitrogens with one attached hydrogen (secondary N) is 1. The van der Waals surface area contributed by atoms with Crippen LogP contribution < -0.4 is 14.8 Å². The third-order valence-corrected chi connectivity index (χ3v) is 3.79. The quantitative estimate of drug-likeness (QED) is 0.836. The van der Waals surface area contributed by atoms with Crippen LogP contribution in [0.4, 0.5) is 5.69 Å². The van der Waals surface area contributed by atoms with Gasteiger partial charge in [0.25, 0.3) is 0 Å². The molecule has 0 saturated heterocycles. The molecule has 2 aromatic rings. The maximum Gasteiger partial charge on any atom is 0.228 e. The summed E-state index contributed by atoms with van der Waals surface area (Å²) in [6.07, 6.45) is 0.257. The second-order valence-electron chi connectivity index (χ2n) is 4.54. The van der Waals surface area contributed by atoms with E-state index in [1.165, 1.54) is 14.2 Å². The fourth-order valence-electron chi connectivity index (χ4n) is 1.98. The van der Waals surface area contributed by atoms with E-state index in [1.807, 2.05) is 24.3 Å². The van der Waals surface area contributed by atoms with Crippen LogP contribution in [0, 0.1) is 0 Å². The lowest BCUT2D eigenvalue weighted by atomic mass is 10.1. The molecule has 0 heterocycles. The Balaban J connectivity index is 2.17. The van der Waals surface area contributed by atoms with Gasteiger partial charge in [0, 0.05) is 16.6 Å². The maximum absolute atomic E-state index is 12.2. The van der Waals surface area contributed by atoms with Gasteiger partial charge in [-0.1, -0.05) is 39.7 Å². The molecule has 22 heavy (non-hydrogen) atoms. The second kappa shape index (κ2) is 7.51. The summed E-state index contributed by atoms with van der Waals surface area (Å²) in [6.45, 7) is 0. The minimum Gasteiger partial charge on any atom is -0.495 e. The summed E-state index contributed by atoms with van der Waals surface area (Å²) in [4.78, 5) is 12.2. The molecule has 0 bridgehead atoms. The molecule has 116 valence electrons. The molecule has 0 radical (unpaired) electrons. The van der Waals surface area contributed by atoms with Gasteiger partial charge in [0.2, 0.25) is 5.91 Å². The van der Waals surface area contributed by atoms with E-state index in [-0.39, 0.29) is 12.3 Å². The van der Waals surface area contributed by atoms with Crippen LogP contribution in [-0.2, 0) is 11.2 Å². The molecule has 2 aromatic carbocycles. The monoisotopic (exact) mass is 383 g/mol. The number of ether oxygens (including phenoxy) is 2. The van der Waals surface area contributed by atoms with Crippen molar-refractivity contribution < 1.29 is 14.3 Å². The van der Waals surface area contributed by atoms with E-state index in [2.05, 4.69) is 21.2 Å². The van der Waals surface area contributed by atoms with E-state index in [0.29, 0.717) is 22.2 Å². The molecule has 1 amide bonds. The zero-order valence-electron chi connectivity index (χ0n) is 12.2. The van der Waals surface area contributed by atoms with E-state index in [0.717, 1.165) is 10.0 Å². The number of halogens is 2. The smallest absolute Gasteiger partial charge is 0.228 e. The summed E-state index contributed by atoms with van der Waals surface area (Å²) in [5, 5.41) is 3.23. The van der Waals surface area contributed by atoms with Crippen molar-refractivity contribution in [1.29, 1.82) is 0 Å². The predicted molar refractivity (Wildman–Crippen MR) is 91.0 cm³/mol. The highest BCUT2D eigenvalue weighted by Crippen LogP contribution is 2.35. The largest absolute Gasteiger partial charge is 0.495 e. The van der Waals surface area contributed by atoms with Crippen LogP contribution in [0.15, 0.2) is 40.9 Å². The van der Waals surface area contributed by atoms with E-state index < -0.39 is 0 Å². The standard InChI is InChI=1S/C16H15BrClNO3/c1-21-14-9-13(15(22-2)8-12(14)18)19-16(20)7-10-4-3-5-11(17)6-10/h3-6,8-9H,7H2,1-2H3,(H,19,20). The van der Waals surface area contributed by atoms with Crippen LogP contribution in [0.2, 0.25) is 5.02 Å². The lowest BCUT2D eigenvalue weighted by molar-refractivity contribution is -0.115. The molecular formula is C16H15BrClNO3. The number of hydrogen-bond acceptors (Lipinski definition) is 3. The van der Waals surface area contributed by atoms with Gasteiger partial charge in [0.1, 0.15) is 11.5 Å². The van der Waals surface area contributed by atoms with E-state index >= 15 is 0 Å². The first-order valence-electron chi connectivity index (χ1n) is 6.49. The molecule has 6 heteroatoms. The predicted octanol–water partition coefficient (Wildman–Crippen LogP) is 4.30. The Morgan fingerprint density at radius 1 is 1.18 bits per heavy atom. The Morgan fingerprint density at radius 2 is 1.91 bits per heavy atom. The molecule has 0 aliphatic rings. The summed E-state index contributed by atoms with van der Waals surface area (Å²) in [6, 6.07) is 10.8. The van der Waals surface area contributed by atoms with Gasteiger partial charge in [0.15, 0.2) is 0 Å². The van der Waals surface area contributed by atoms with Gasteiger partial charge in [-0.25, -0.2) is 0 Å². The third kappa shape index (κ3) is 4.15. The van der Waals surface area contributed by atoms with Gasteiger partial charge >= 0.3 is 0 Å². The van der Waals surface area contributed by atoms with Crippen LogP contribution in [0.5, 0.6) is 11.5 Å². The second-order valence-corrected chi connectivity index (χ2v) is 5.86. The molecule has 4 nitrogen and oxygen atoms in total. The first kappa shape index (κ1) is 16.6. The molecule has 0 aliphatic heterocycles. The Kier molecular flexibility index (Phi) is 5.69. The van der Waals surface area contributed by atoms with Crippen LogP contribution in [0.1, 0.15) is 5.56 Å². The average molecular weight is 385 g/mol. The number of hydrogen-bond donors (Lipinski definition) is 1. The number of rotatable bonds is 5. The Morgan fingerprint density at radius 3 is 2.55 bits per heavy atom. The molecule has 0 unspecified atom stereocenters. The SMILES string of the molecule is COc1cc(NC(=O)Cc2cccc(Br)c2)c(OC)cc1Cl. The fraction of sp³-hybridized carbons (Fsp3) is 0.188. The number of benzene rings is 2. The van der Waals surface area contributed by atoms with Crippen LogP contribution in [0.25, 0.3) is 0 Å². The summed E-state index contributed by atoms with van der Waals surface area (Å²) < 4.78 is 11.3. The van der Waals surface area contributed by atoms with Crippen molar-refractivity contribution in [3.05, 3.63) is 51.5 Å². The van der Waals surface area contributed by atoms with Crippen LogP contribution in [0.3, 0.4) is 0 Å². The molecule has 2 rings (SSSR count). The third-order valence-electron chi connectivity index (χ3n) is 3.00. The summed E-state index contributed by atoms with van der Waals surface area (Å²) in [5.74, 6) is 0.800. The number of amides is 1. The average Bonchev–Trinajstić information content (AvgIpc) is 2.48. The Hall–Kier alpha value is -1.72. The summed E-state index contributed by atoms with van der Waals surface area (Å²) >= 11 is 9.43. The molecule has 0 aromatic heterocycles. The topological polar surface area (TPSA) is 47.6 Å². The minimum atomic E-state index is -0.152. The van der Waals surface area contributed by atoms with Gasteiger partial charge in [0.05, 0.1) is 31.4 Å². The molecule has 0 fully saturated rings. The van der Waals surface area contributed by atoms with Crippen molar-refractivity contribution >= 4 is 39.1 Å². The van der Waals surface area contributed by atoms with E-state index in [9.17, 15) is 4.79 Å². The van der Waals surface area contributed by atoms with Crippen molar-refractivity contribution in [3.8, 4) is 11.5 Å². The summed E-state index contributed by atoms with van der Waals surface area (Å²) in [5.41, 5.74) is 1.43. The van der Waals surface area contributed by atoms with Gasteiger partial charge in [-0.05, 0) is 17.7 Å². The van der Waals surface area contributed by atoms with E-state index in [4.69, 9.17) is 21.1 Å². The zero-order chi connectivity index (χ0) is 16.1.